The van der Waals surface area contributed by atoms with E-state index in [1.807, 2.05) is 6.92 Å². The lowest BCUT2D eigenvalue weighted by Crippen LogP contribution is -3.19. The molecule has 1 aromatic carbocycles. The summed E-state index contributed by atoms with van der Waals surface area (Å²) in [5.74, 6) is 0.465. The fourth-order valence-corrected chi connectivity index (χ4v) is 3.06. The molecular formula is C18H21F3N5O+. The Bertz CT molecular complexity index is 759. The number of amides is 1. The van der Waals surface area contributed by atoms with Crippen LogP contribution in [0.2, 0.25) is 0 Å². The minimum absolute atomic E-state index is 0.214. The fourth-order valence-electron chi connectivity index (χ4n) is 3.06. The van der Waals surface area contributed by atoms with Gasteiger partial charge in [0.05, 0.1) is 31.7 Å². The number of nitrogens with zero attached hydrogens (tertiary/aromatic N) is 3. The van der Waals surface area contributed by atoms with Gasteiger partial charge in [-0.3, -0.25) is 4.79 Å². The fraction of sp³-hybridized carbons (Fsp3) is 0.389. The van der Waals surface area contributed by atoms with Crippen molar-refractivity contribution in [1.82, 2.24) is 9.97 Å². The lowest BCUT2D eigenvalue weighted by atomic mass is 10.2. The number of rotatable bonds is 4. The molecular weight excluding hydrogens is 359 g/mol. The summed E-state index contributed by atoms with van der Waals surface area (Å²) in [6.45, 7) is 4.79. The molecule has 0 spiro atoms. The normalized spacial score (nSPS) is 16.8. The zero-order valence-electron chi connectivity index (χ0n) is 14.8. The van der Waals surface area contributed by atoms with Crippen molar-refractivity contribution in [2.75, 3.05) is 36.4 Å². The van der Waals surface area contributed by atoms with E-state index in [0.717, 1.165) is 43.2 Å². The lowest BCUT2D eigenvalue weighted by Gasteiger charge is -2.34. The molecule has 2 heterocycles. The van der Waals surface area contributed by atoms with Crippen molar-refractivity contribution in [1.29, 1.82) is 0 Å². The molecule has 0 aliphatic carbocycles. The van der Waals surface area contributed by atoms with Gasteiger partial charge in [0.2, 0.25) is 5.95 Å². The molecule has 1 aliphatic rings. The van der Waals surface area contributed by atoms with Gasteiger partial charge in [0.25, 0.3) is 5.91 Å². The SMILES string of the molecule is C[C@@H](C(=O)Nc1ccc(C(F)(F)F)cc1)[NH+]1CCN(c2ncccn2)CC1. The average Bonchev–Trinajstić information content (AvgIpc) is 2.68. The molecule has 144 valence electrons. The third-order valence-electron chi connectivity index (χ3n) is 4.73. The van der Waals surface area contributed by atoms with Gasteiger partial charge in [0.1, 0.15) is 0 Å². The Hall–Kier alpha value is -2.68. The third-order valence-corrected chi connectivity index (χ3v) is 4.73. The van der Waals surface area contributed by atoms with E-state index < -0.39 is 11.7 Å². The van der Waals surface area contributed by atoms with Crippen LogP contribution in [0.3, 0.4) is 0 Å². The molecule has 1 aromatic heterocycles. The Kier molecular flexibility index (Phi) is 5.59. The van der Waals surface area contributed by atoms with Crippen LogP contribution in [0.1, 0.15) is 12.5 Å². The average molecular weight is 380 g/mol. The first-order chi connectivity index (χ1) is 12.8. The smallest absolute Gasteiger partial charge is 0.330 e. The molecule has 3 rings (SSSR count). The molecule has 1 fully saturated rings. The lowest BCUT2D eigenvalue weighted by molar-refractivity contribution is -0.914. The van der Waals surface area contributed by atoms with Gasteiger partial charge in [-0.15, -0.1) is 0 Å². The van der Waals surface area contributed by atoms with Crippen LogP contribution in [-0.2, 0) is 11.0 Å². The highest BCUT2D eigenvalue weighted by Crippen LogP contribution is 2.29. The van der Waals surface area contributed by atoms with Crippen molar-refractivity contribution >= 4 is 17.5 Å². The van der Waals surface area contributed by atoms with E-state index in [1.54, 1.807) is 18.5 Å². The number of halogens is 3. The molecule has 2 aromatic rings. The van der Waals surface area contributed by atoms with Crippen molar-refractivity contribution in [3.8, 4) is 0 Å². The predicted octanol–water partition coefficient (Wildman–Crippen LogP) is 1.23. The van der Waals surface area contributed by atoms with E-state index >= 15 is 0 Å². The van der Waals surface area contributed by atoms with E-state index in [9.17, 15) is 18.0 Å². The number of hydrogen-bond acceptors (Lipinski definition) is 4. The monoisotopic (exact) mass is 380 g/mol. The molecule has 27 heavy (non-hydrogen) atoms. The van der Waals surface area contributed by atoms with E-state index in [2.05, 4.69) is 20.2 Å². The van der Waals surface area contributed by atoms with Gasteiger partial charge in [-0.25, -0.2) is 9.97 Å². The van der Waals surface area contributed by atoms with Crippen LogP contribution in [0.15, 0.2) is 42.7 Å². The summed E-state index contributed by atoms with van der Waals surface area (Å²) in [5, 5.41) is 2.70. The molecule has 1 atom stereocenters. The van der Waals surface area contributed by atoms with Crippen LogP contribution in [0, 0.1) is 0 Å². The van der Waals surface area contributed by atoms with E-state index in [0.29, 0.717) is 11.6 Å². The van der Waals surface area contributed by atoms with Crippen LogP contribution in [-0.4, -0.2) is 48.1 Å². The molecule has 0 saturated carbocycles. The first kappa shape index (κ1) is 19.1. The molecule has 6 nitrogen and oxygen atoms in total. The zero-order valence-corrected chi connectivity index (χ0v) is 14.8. The maximum absolute atomic E-state index is 12.6. The summed E-state index contributed by atoms with van der Waals surface area (Å²) in [5.41, 5.74) is -0.381. The van der Waals surface area contributed by atoms with Gasteiger partial charge in [-0.05, 0) is 37.3 Å². The van der Waals surface area contributed by atoms with Crippen molar-refractivity contribution in [3.05, 3.63) is 48.3 Å². The van der Waals surface area contributed by atoms with Crippen molar-refractivity contribution in [3.63, 3.8) is 0 Å². The number of alkyl halides is 3. The number of piperazine rings is 1. The molecule has 1 amide bonds. The molecule has 0 unspecified atom stereocenters. The summed E-state index contributed by atoms with van der Waals surface area (Å²) in [4.78, 5) is 24.1. The number of hydrogen-bond donors (Lipinski definition) is 2. The number of anilines is 2. The second kappa shape index (κ2) is 7.91. The highest BCUT2D eigenvalue weighted by Gasteiger charge is 2.31. The zero-order chi connectivity index (χ0) is 19.4. The second-order valence-electron chi connectivity index (χ2n) is 6.48. The van der Waals surface area contributed by atoms with Crippen LogP contribution in [0.5, 0.6) is 0 Å². The van der Waals surface area contributed by atoms with Crippen molar-refractivity contribution in [2.24, 2.45) is 0 Å². The minimum atomic E-state index is -4.39. The van der Waals surface area contributed by atoms with Crippen LogP contribution < -0.4 is 15.1 Å². The van der Waals surface area contributed by atoms with E-state index in [4.69, 9.17) is 0 Å². The molecule has 9 heteroatoms. The predicted molar refractivity (Wildman–Crippen MR) is 94.5 cm³/mol. The number of nitrogens with one attached hydrogen (secondary N) is 2. The van der Waals surface area contributed by atoms with Crippen molar-refractivity contribution < 1.29 is 22.9 Å². The summed E-state index contributed by atoms with van der Waals surface area (Å²) in [6, 6.07) is 5.92. The topological polar surface area (TPSA) is 62.6 Å². The first-order valence-corrected chi connectivity index (χ1v) is 8.69. The number of carbonyl (C=O) groups is 1. The number of benzene rings is 1. The highest BCUT2D eigenvalue weighted by molar-refractivity contribution is 5.93. The second-order valence-corrected chi connectivity index (χ2v) is 6.48. The van der Waals surface area contributed by atoms with E-state index in [1.165, 1.54) is 12.1 Å². The van der Waals surface area contributed by atoms with Gasteiger partial charge in [-0.2, -0.15) is 13.2 Å². The molecule has 2 N–H and O–H groups in total. The molecule has 0 radical (unpaired) electrons. The summed E-state index contributed by atoms with van der Waals surface area (Å²) in [7, 11) is 0. The van der Waals surface area contributed by atoms with Gasteiger partial charge >= 0.3 is 6.18 Å². The van der Waals surface area contributed by atoms with Gasteiger partial charge in [0.15, 0.2) is 6.04 Å². The van der Waals surface area contributed by atoms with Crippen LogP contribution >= 0.6 is 0 Å². The van der Waals surface area contributed by atoms with Gasteiger partial charge in [-0.1, -0.05) is 0 Å². The Morgan fingerprint density at radius 2 is 1.74 bits per heavy atom. The first-order valence-electron chi connectivity index (χ1n) is 8.69. The number of carbonyl (C=O) groups excluding carboxylic acids is 1. The summed E-state index contributed by atoms with van der Waals surface area (Å²) in [6.07, 6.45) is -0.995. The Balaban J connectivity index is 1.54. The quantitative estimate of drug-likeness (QED) is 0.838. The number of aromatic nitrogens is 2. The standard InChI is InChI=1S/C18H20F3N5O/c1-13(16(27)24-15-5-3-14(4-6-15)18(19,20)21)25-9-11-26(12-10-25)17-22-7-2-8-23-17/h2-8,13H,9-12H2,1H3,(H,24,27)/p+1/t13-/m0/s1. The highest BCUT2D eigenvalue weighted by atomic mass is 19.4. The Labute approximate surface area is 155 Å². The van der Waals surface area contributed by atoms with Crippen LogP contribution in [0.4, 0.5) is 24.8 Å². The number of quaternary nitrogens is 1. The Morgan fingerprint density at radius 3 is 2.30 bits per heavy atom. The molecule has 0 bridgehead atoms. The van der Waals surface area contributed by atoms with Crippen LogP contribution in [0.25, 0.3) is 0 Å². The largest absolute Gasteiger partial charge is 0.416 e. The third kappa shape index (κ3) is 4.73. The Morgan fingerprint density at radius 1 is 1.15 bits per heavy atom. The van der Waals surface area contributed by atoms with E-state index in [-0.39, 0.29) is 11.9 Å². The molecule has 1 aliphatic heterocycles. The summed E-state index contributed by atoms with van der Waals surface area (Å²) < 4.78 is 37.8. The summed E-state index contributed by atoms with van der Waals surface area (Å²) >= 11 is 0. The maximum atomic E-state index is 12.6. The maximum Gasteiger partial charge on any atom is 0.416 e. The minimum Gasteiger partial charge on any atom is -0.330 e. The van der Waals surface area contributed by atoms with Gasteiger partial charge in [0, 0.05) is 18.1 Å². The van der Waals surface area contributed by atoms with Gasteiger partial charge < -0.3 is 15.1 Å². The van der Waals surface area contributed by atoms with Crippen molar-refractivity contribution in [2.45, 2.75) is 19.1 Å². The molecule has 1 saturated heterocycles.